The zero-order valence-electron chi connectivity index (χ0n) is 12.7. The first-order valence-corrected chi connectivity index (χ1v) is 7.95. The smallest absolute Gasteiger partial charge is 0.260 e. The maximum absolute atomic E-state index is 12.4. The number of benzene rings is 1. The summed E-state index contributed by atoms with van der Waals surface area (Å²) in [6.45, 7) is 3.61. The Hall–Kier alpha value is -2.11. The lowest BCUT2D eigenvalue weighted by molar-refractivity contribution is 0.0626. The topological polar surface area (TPSA) is 56.4 Å². The van der Waals surface area contributed by atoms with Gasteiger partial charge in [0.2, 0.25) is 0 Å². The molecule has 0 atom stereocenters. The number of halogens is 1. The highest BCUT2D eigenvalue weighted by Gasteiger charge is 2.23. The summed E-state index contributed by atoms with van der Waals surface area (Å²) in [6, 6.07) is 11.1. The molecule has 0 aliphatic carbocycles. The first-order valence-electron chi connectivity index (χ1n) is 7.57. The lowest BCUT2D eigenvalue weighted by atomic mass is 10.2. The number of H-pyrrole nitrogens is 1. The molecule has 120 valence electrons. The SMILES string of the molecule is O=C(c1ccc[nH]c1=O)N1CCN(Cc2cccc(Cl)c2)CC1. The molecule has 1 aromatic heterocycles. The molecule has 2 aromatic rings. The monoisotopic (exact) mass is 331 g/mol. The average Bonchev–Trinajstić information content (AvgIpc) is 2.55. The summed E-state index contributed by atoms with van der Waals surface area (Å²) in [5.41, 5.74) is 1.03. The van der Waals surface area contributed by atoms with Crippen LogP contribution >= 0.6 is 11.6 Å². The van der Waals surface area contributed by atoms with Crippen molar-refractivity contribution in [2.24, 2.45) is 0 Å². The third kappa shape index (κ3) is 3.81. The Kier molecular flexibility index (Phi) is 4.79. The van der Waals surface area contributed by atoms with Crippen molar-refractivity contribution in [3.05, 3.63) is 69.1 Å². The summed E-state index contributed by atoms with van der Waals surface area (Å²) in [6.07, 6.45) is 1.53. The summed E-state index contributed by atoms with van der Waals surface area (Å²) in [5, 5.41) is 0.736. The van der Waals surface area contributed by atoms with Crippen LogP contribution in [-0.2, 0) is 6.54 Å². The van der Waals surface area contributed by atoms with E-state index in [0.717, 1.165) is 30.2 Å². The van der Waals surface area contributed by atoms with Gasteiger partial charge < -0.3 is 9.88 Å². The molecular formula is C17H18ClN3O2. The van der Waals surface area contributed by atoms with Crippen LogP contribution in [0.25, 0.3) is 0 Å². The van der Waals surface area contributed by atoms with Crippen molar-refractivity contribution in [2.75, 3.05) is 26.2 Å². The van der Waals surface area contributed by atoms with Crippen molar-refractivity contribution in [2.45, 2.75) is 6.54 Å². The van der Waals surface area contributed by atoms with Crippen molar-refractivity contribution in [3.8, 4) is 0 Å². The van der Waals surface area contributed by atoms with Crippen LogP contribution in [0.5, 0.6) is 0 Å². The van der Waals surface area contributed by atoms with Gasteiger partial charge in [0.15, 0.2) is 0 Å². The fourth-order valence-corrected chi connectivity index (χ4v) is 2.98. The van der Waals surface area contributed by atoms with Crippen molar-refractivity contribution in [3.63, 3.8) is 0 Å². The number of aromatic amines is 1. The predicted molar refractivity (Wildman–Crippen MR) is 89.7 cm³/mol. The van der Waals surface area contributed by atoms with Gasteiger partial charge in [-0.05, 0) is 29.8 Å². The summed E-state index contributed by atoms with van der Waals surface area (Å²) < 4.78 is 0. The Balaban J connectivity index is 1.59. The number of hydrogen-bond donors (Lipinski definition) is 1. The van der Waals surface area contributed by atoms with Gasteiger partial charge in [0.05, 0.1) is 0 Å². The van der Waals surface area contributed by atoms with E-state index >= 15 is 0 Å². The minimum absolute atomic E-state index is 0.200. The molecular weight excluding hydrogens is 314 g/mol. The summed E-state index contributed by atoms with van der Waals surface area (Å²) in [5.74, 6) is -0.200. The van der Waals surface area contributed by atoms with E-state index in [9.17, 15) is 9.59 Å². The van der Waals surface area contributed by atoms with E-state index in [1.807, 2.05) is 24.3 Å². The van der Waals surface area contributed by atoms with Crippen molar-refractivity contribution < 1.29 is 4.79 Å². The number of aromatic nitrogens is 1. The highest BCUT2D eigenvalue weighted by molar-refractivity contribution is 6.30. The van der Waals surface area contributed by atoms with E-state index in [2.05, 4.69) is 9.88 Å². The minimum atomic E-state index is -0.334. The maximum atomic E-state index is 12.4. The number of piperazine rings is 1. The summed E-state index contributed by atoms with van der Waals surface area (Å²) >= 11 is 6.01. The molecule has 0 unspecified atom stereocenters. The lowest BCUT2D eigenvalue weighted by Gasteiger charge is -2.34. The zero-order valence-corrected chi connectivity index (χ0v) is 13.4. The molecule has 3 rings (SSSR count). The Bertz CT molecular complexity index is 751. The minimum Gasteiger partial charge on any atom is -0.336 e. The molecule has 1 amide bonds. The predicted octanol–water partition coefficient (Wildman–Crippen LogP) is 1.99. The molecule has 0 saturated carbocycles. The number of rotatable bonds is 3. The molecule has 1 aliphatic rings. The normalized spacial score (nSPS) is 15.6. The van der Waals surface area contributed by atoms with Gasteiger partial charge in [-0.15, -0.1) is 0 Å². The van der Waals surface area contributed by atoms with Crippen LogP contribution in [-0.4, -0.2) is 46.9 Å². The number of carbonyl (C=O) groups is 1. The van der Waals surface area contributed by atoms with Gasteiger partial charge in [0.1, 0.15) is 5.56 Å². The lowest BCUT2D eigenvalue weighted by Crippen LogP contribution is -2.49. The summed E-state index contributed by atoms with van der Waals surface area (Å²) in [7, 11) is 0. The molecule has 1 aliphatic heterocycles. The van der Waals surface area contributed by atoms with Gasteiger partial charge in [0.25, 0.3) is 11.5 Å². The fourth-order valence-electron chi connectivity index (χ4n) is 2.76. The fraction of sp³-hybridized carbons (Fsp3) is 0.294. The van der Waals surface area contributed by atoms with Crippen LogP contribution in [0.3, 0.4) is 0 Å². The number of carbonyl (C=O) groups excluding carboxylic acids is 1. The number of pyridine rings is 1. The molecule has 0 radical (unpaired) electrons. The number of nitrogens with one attached hydrogen (secondary N) is 1. The van der Waals surface area contributed by atoms with Crippen LogP contribution in [0.4, 0.5) is 0 Å². The van der Waals surface area contributed by atoms with E-state index < -0.39 is 0 Å². The van der Waals surface area contributed by atoms with E-state index in [1.165, 1.54) is 6.20 Å². The van der Waals surface area contributed by atoms with Crippen molar-refractivity contribution >= 4 is 17.5 Å². The average molecular weight is 332 g/mol. The first kappa shape index (κ1) is 15.8. The van der Waals surface area contributed by atoms with E-state index in [1.54, 1.807) is 17.0 Å². The molecule has 1 aromatic carbocycles. The maximum Gasteiger partial charge on any atom is 0.260 e. The molecule has 1 N–H and O–H groups in total. The van der Waals surface area contributed by atoms with Crippen molar-refractivity contribution in [1.82, 2.24) is 14.8 Å². The molecule has 0 bridgehead atoms. The van der Waals surface area contributed by atoms with Crippen LogP contribution in [0.2, 0.25) is 5.02 Å². The Labute approximate surface area is 139 Å². The van der Waals surface area contributed by atoms with Crippen LogP contribution in [0.1, 0.15) is 15.9 Å². The molecule has 2 heterocycles. The first-order chi connectivity index (χ1) is 11.1. The second kappa shape index (κ2) is 6.98. The van der Waals surface area contributed by atoms with Crippen LogP contribution in [0, 0.1) is 0 Å². The standard InChI is InChI=1S/C17H18ClN3O2/c18-14-4-1-3-13(11-14)12-20-7-9-21(10-8-20)17(23)15-5-2-6-19-16(15)22/h1-6,11H,7-10,12H2,(H,19,22). The van der Waals surface area contributed by atoms with Gasteiger partial charge in [-0.1, -0.05) is 23.7 Å². The van der Waals surface area contributed by atoms with Gasteiger partial charge >= 0.3 is 0 Å². The van der Waals surface area contributed by atoms with Gasteiger partial charge in [0, 0.05) is 43.9 Å². The Morgan fingerprint density at radius 3 is 2.61 bits per heavy atom. The second-order valence-corrected chi connectivity index (χ2v) is 6.05. The van der Waals surface area contributed by atoms with E-state index in [0.29, 0.717) is 13.1 Å². The number of hydrogen-bond acceptors (Lipinski definition) is 3. The van der Waals surface area contributed by atoms with E-state index in [-0.39, 0.29) is 17.0 Å². The molecule has 23 heavy (non-hydrogen) atoms. The van der Waals surface area contributed by atoms with Gasteiger partial charge in [-0.2, -0.15) is 0 Å². The van der Waals surface area contributed by atoms with Crippen LogP contribution in [0.15, 0.2) is 47.4 Å². The van der Waals surface area contributed by atoms with Gasteiger partial charge in [-0.25, -0.2) is 0 Å². The van der Waals surface area contributed by atoms with Crippen molar-refractivity contribution in [1.29, 1.82) is 0 Å². The Morgan fingerprint density at radius 1 is 1.13 bits per heavy atom. The quantitative estimate of drug-likeness (QED) is 0.935. The molecule has 0 spiro atoms. The zero-order chi connectivity index (χ0) is 16.2. The number of nitrogens with zero attached hydrogens (tertiary/aromatic N) is 2. The highest BCUT2D eigenvalue weighted by Crippen LogP contribution is 2.14. The third-order valence-corrected chi connectivity index (χ3v) is 4.24. The van der Waals surface area contributed by atoms with Crippen LogP contribution < -0.4 is 5.56 Å². The summed E-state index contributed by atoms with van der Waals surface area (Å²) in [4.78, 5) is 30.7. The largest absolute Gasteiger partial charge is 0.336 e. The van der Waals surface area contributed by atoms with E-state index in [4.69, 9.17) is 11.6 Å². The second-order valence-electron chi connectivity index (χ2n) is 5.61. The molecule has 1 saturated heterocycles. The Morgan fingerprint density at radius 2 is 1.91 bits per heavy atom. The molecule has 5 nitrogen and oxygen atoms in total. The third-order valence-electron chi connectivity index (χ3n) is 4.00. The molecule has 1 fully saturated rings. The van der Waals surface area contributed by atoms with Gasteiger partial charge in [-0.3, -0.25) is 14.5 Å². The number of amides is 1. The highest BCUT2D eigenvalue weighted by atomic mass is 35.5. The molecule has 6 heteroatoms.